The predicted molar refractivity (Wildman–Crippen MR) is 195 cm³/mol. The van der Waals surface area contributed by atoms with Gasteiger partial charge in [-0.2, -0.15) is 0 Å². The fourth-order valence-corrected chi connectivity index (χ4v) is 6.95. The third-order valence-corrected chi connectivity index (χ3v) is 11.2. The second kappa shape index (κ2) is 12.6. The summed E-state index contributed by atoms with van der Waals surface area (Å²) < 4.78 is 0. The van der Waals surface area contributed by atoms with Crippen LogP contribution in [0.4, 0.5) is 22.7 Å². The minimum Gasteiger partial charge on any atom is -0.150 e. The molecule has 0 unspecified atom stereocenters. The predicted octanol–water partition coefficient (Wildman–Crippen LogP) is 13.5. The van der Waals surface area contributed by atoms with Gasteiger partial charge >= 0.3 is 0 Å². The van der Waals surface area contributed by atoms with E-state index in [1.54, 1.807) is 0 Å². The molecule has 4 rings (SSSR count). The monoisotopic (exact) mass is 602 g/mol. The van der Waals surface area contributed by atoms with Crippen molar-refractivity contribution in [2.75, 3.05) is 0 Å². The molecule has 0 aliphatic heterocycles. The molecule has 0 saturated heterocycles. The molecule has 4 nitrogen and oxygen atoms in total. The number of rotatable bonds is 6. The molecule has 0 aliphatic carbocycles. The van der Waals surface area contributed by atoms with Crippen LogP contribution in [0.2, 0.25) is 0 Å². The Hall–Kier alpha value is -3.66. The lowest BCUT2D eigenvalue weighted by molar-refractivity contribution is 0.641. The van der Waals surface area contributed by atoms with Gasteiger partial charge in [-0.05, 0) is 205 Å². The molecule has 0 radical (unpaired) electrons. The Morgan fingerprint density at radius 2 is 0.556 bits per heavy atom. The molecule has 0 fully saturated rings. The van der Waals surface area contributed by atoms with Crippen molar-refractivity contribution in [2.24, 2.45) is 26.4 Å². The van der Waals surface area contributed by atoms with Gasteiger partial charge in [0.1, 0.15) is 0 Å². The lowest BCUT2D eigenvalue weighted by Gasteiger charge is -2.21. The molecule has 0 saturated carbocycles. The summed E-state index contributed by atoms with van der Waals surface area (Å²) in [6.07, 6.45) is 1.08. The van der Waals surface area contributed by atoms with Crippen LogP contribution in [-0.4, -0.2) is 0 Å². The molecule has 0 spiro atoms. The van der Waals surface area contributed by atoms with Gasteiger partial charge in [0.15, 0.2) is 0 Å². The Kier molecular flexibility index (Phi) is 9.59. The molecule has 0 aliphatic rings. The van der Waals surface area contributed by atoms with E-state index in [4.69, 9.17) is 20.5 Å². The smallest absolute Gasteiger partial charge is 0.0971 e. The SMILES string of the molecule is Cc1c(C)c(C)c(N=Nc2c(C)c(C)c(N=Nc3c(C)c(C)c(CC(C)C)c(C)c3C)c3c(C)c(C)c(C)c(C)c23)c(C)c1C. The topological polar surface area (TPSA) is 49.4 Å². The molecule has 0 N–H and O–H groups in total. The maximum Gasteiger partial charge on any atom is 0.0971 e. The number of nitrogens with zero attached hydrogens (tertiary/aromatic N) is 4. The lowest BCUT2D eigenvalue weighted by atomic mass is 9.87. The van der Waals surface area contributed by atoms with Crippen LogP contribution in [-0.2, 0) is 6.42 Å². The van der Waals surface area contributed by atoms with Crippen molar-refractivity contribution < 1.29 is 0 Å². The van der Waals surface area contributed by atoms with Crippen molar-refractivity contribution in [2.45, 2.75) is 124 Å². The van der Waals surface area contributed by atoms with E-state index in [0.717, 1.165) is 51.1 Å². The Bertz CT molecular complexity index is 1880. The Morgan fingerprint density at radius 3 is 0.889 bits per heavy atom. The van der Waals surface area contributed by atoms with E-state index >= 15 is 0 Å². The minimum absolute atomic E-state index is 0.603. The van der Waals surface area contributed by atoms with Crippen LogP contribution in [0.1, 0.15) is 103 Å². The molecule has 45 heavy (non-hydrogen) atoms. The summed E-state index contributed by atoms with van der Waals surface area (Å²) >= 11 is 0. The van der Waals surface area contributed by atoms with Gasteiger partial charge < -0.3 is 0 Å². The molecule has 0 amide bonds. The second-order valence-electron chi connectivity index (χ2n) is 14.0. The third kappa shape index (κ3) is 5.66. The van der Waals surface area contributed by atoms with Crippen molar-refractivity contribution in [3.8, 4) is 0 Å². The summed E-state index contributed by atoms with van der Waals surface area (Å²) in [4.78, 5) is 0. The average Bonchev–Trinajstić information content (AvgIpc) is 3.00. The Balaban J connectivity index is 2.04. The van der Waals surface area contributed by atoms with Crippen molar-refractivity contribution in [3.05, 3.63) is 89.0 Å². The van der Waals surface area contributed by atoms with Crippen LogP contribution in [0.3, 0.4) is 0 Å². The van der Waals surface area contributed by atoms with Gasteiger partial charge in [-0.1, -0.05) is 13.8 Å². The van der Waals surface area contributed by atoms with E-state index in [-0.39, 0.29) is 0 Å². The molecule has 238 valence electrons. The number of azo groups is 2. The van der Waals surface area contributed by atoms with Crippen LogP contribution in [0.25, 0.3) is 10.8 Å². The lowest BCUT2D eigenvalue weighted by Crippen LogP contribution is -2.04. The molecule has 4 aromatic rings. The van der Waals surface area contributed by atoms with Crippen LogP contribution in [0.15, 0.2) is 20.5 Å². The van der Waals surface area contributed by atoms with E-state index in [1.165, 1.54) is 77.9 Å². The standard InChI is InChI=1S/C41H54N4/c1-19(2)18-35-25(8)31(14)39(32(15)26(35)9)43-45-41-34(17)33(16)40(36-27(10)21(4)22(5)28(11)37(36)41)44-42-38-29(12)23(6)20(3)24(7)30(38)13/h19H,18H2,1-17H3. The zero-order chi connectivity index (χ0) is 33.8. The quantitative estimate of drug-likeness (QED) is 0.197. The first-order chi connectivity index (χ1) is 20.9. The molecule has 0 atom stereocenters. The fourth-order valence-electron chi connectivity index (χ4n) is 6.95. The van der Waals surface area contributed by atoms with Crippen molar-refractivity contribution >= 4 is 33.5 Å². The normalized spacial score (nSPS) is 12.2. The number of hydrogen-bond acceptors (Lipinski definition) is 4. The third-order valence-electron chi connectivity index (χ3n) is 11.2. The minimum atomic E-state index is 0.603. The number of benzene rings is 4. The molecule has 4 heteroatoms. The molecule has 0 bridgehead atoms. The summed E-state index contributed by atoms with van der Waals surface area (Å²) in [5, 5.41) is 22.4. The highest BCUT2D eigenvalue weighted by molar-refractivity contribution is 6.07. The highest BCUT2D eigenvalue weighted by Gasteiger charge is 2.22. The van der Waals surface area contributed by atoms with E-state index in [0.29, 0.717) is 5.92 Å². The molecule has 4 aromatic carbocycles. The van der Waals surface area contributed by atoms with Crippen molar-refractivity contribution in [1.29, 1.82) is 0 Å². The van der Waals surface area contributed by atoms with Gasteiger partial charge in [0.05, 0.1) is 22.7 Å². The average molecular weight is 603 g/mol. The summed E-state index contributed by atoms with van der Waals surface area (Å²) in [6.45, 7) is 37.5. The summed E-state index contributed by atoms with van der Waals surface area (Å²) in [5.41, 5.74) is 23.9. The zero-order valence-corrected chi connectivity index (χ0v) is 31.1. The van der Waals surface area contributed by atoms with Gasteiger partial charge in [0.2, 0.25) is 0 Å². The van der Waals surface area contributed by atoms with Gasteiger partial charge in [-0.3, -0.25) is 0 Å². The van der Waals surface area contributed by atoms with E-state index in [9.17, 15) is 0 Å². The fraction of sp³-hybridized carbons (Fsp3) is 0.463. The summed E-state index contributed by atoms with van der Waals surface area (Å²) in [5.74, 6) is 0.603. The highest BCUT2D eigenvalue weighted by Crippen LogP contribution is 2.47. The molecule has 0 aromatic heterocycles. The van der Waals surface area contributed by atoms with Crippen molar-refractivity contribution in [1.82, 2.24) is 0 Å². The maximum absolute atomic E-state index is 5.11. The van der Waals surface area contributed by atoms with Crippen LogP contribution in [0.5, 0.6) is 0 Å². The van der Waals surface area contributed by atoms with E-state index < -0.39 is 0 Å². The van der Waals surface area contributed by atoms with Crippen LogP contribution >= 0.6 is 0 Å². The molecular formula is C41H54N4. The van der Waals surface area contributed by atoms with Gasteiger partial charge in [-0.25, -0.2) is 0 Å². The van der Waals surface area contributed by atoms with E-state index in [2.05, 4.69) is 118 Å². The second-order valence-corrected chi connectivity index (χ2v) is 14.0. The first kappa shape index (κ1) is 34.2. The van der Waals surface area contributed by atoms with E-state index in [1.807, 2.05) is 0 Å². The van der Waals surface area contributed by atoms with Gasteiger partial charge in [-0.15, -0.1) is 20.5 Å². The Labute approximate surface area is 272 Å². The van der Waals surface area contributed by atoms with Gasteiger partial charge in [0.25, 0.3) is 0 Å². The molecule has 0 heterocycles. The molecular weight excluding hydrogens is 548 g/mol. The summed E-state index contributed by atoms with van der Waals surface area (Å²) in [7, 11) is 0. The highest BCUT2D eigenvalue weighted by atomic mass is 15.1. The number of fused-ring (bicyclic) bond motifs is 1. The van der Waals surface area contributed by atoms with Crippen molar-refractivity contribution in [3.63, 3.8) is 0 Å². The largest absolute Gasteiger partial charge is 0.150 e. The number of aryl methyl sites for hydroxylation is 2. The Morgan fingerprint density at radius 1 is 0.311 bits per heavy atom. The van der Waals surface area contributed by atoms with Gasteiger partial charge in [0, 0.05) is 10.8 Å². The summed E-state index contributed by atoms with van der Waals surface area (Å²) in [6, 6.07) is 0. The van der Waals surface area contributed by atoms with Crippen LogP contribution in [0, 0.1) is 110 Å². The van der Waals surface area contributed by atoms with Crippen LogP contribution < -0.4 is 0 Å². The zero-order valence-electron chi connectivity index (χ0n) is 31.1. The first-order valence-electron chi connectivity index (χ1n) is 16.5. The number of hydrogen-bond donors (Lipinski definition) is 0. The maximum atomic E-state index is 5.11. The first-order valence-corrected chi connectivity index (χ1v) is 16.5.